The lowest BCUT2D eigenvalue weighted by molar-refractivity contribution is -0.115. The van der Waals surface area contributed by atoms with E-state index >= 15 is 0 Å². The van der Waals surface area contributed by atoms with E-state index in [1.165, 1.54) is 30.3 Å². The number of amides is 1. The highest BCUT2D eigenvalue weighted by Gasteiger charge is 2.17. The third kappa shape index (κ3) is 4.28. The molecule has 1 aromatic carbocycles. The molecule has 3 aromatic rings. The Morgan fingerprint density at radius 2 is 1.87 bits per heavy atom. The molecule has 0 unspecified atom stereocenters. The number of benzene rings is 1. The van der Waals surface area contributed by atoms with Crippen LogP contribution in [0.3, 0.4) is 0 Å². The van der Waals surface area contributed by atoms with Crippen molar-refractivity contribution in [3.63, 3.8) is 0 Å². The van der Waals surface area contributed by atoms with E-state index in [0.29, 0.717) is 10.9 Å². The number of carbonyl (C=O) groups is 1. The van der Waals surface area contributed by atoms with Gasteiger partial charge in [0.25, 0.3) is 5.78 Å². The number of nitrogens with zero attached hydrogens (tertiary/aromatic N) is 5. The number of aromatic nitrogens is 4. The minimum absolute atomic E-state index is 0.0629. The van der Waals surface area contributed by atoms with Crippen molar-refractivity contribution < 1.29 is 4.79 Å². The smallest absolute Gasteiger partial charge is 0.253 e. The normalized spacial score (nSPS) is 15.0. The van der Waals surface area contributed by atoms with Crippen LogP contribution in [-0.2, 0) is 11.2 Å². The molecule has 1 aliphatic rings. The van der Waals surface area contributed by atoms with Crippen molar-refractivity contribution in [2.24, 2.45) is 5.92 Å². The van der Waals surface area contributed by atoms with Gasteiger partial charge in [-0.2, -0.15) is 4.98 Å². The highest BCUT2D eigenvalue weighted by molar-refractivity contribution is 7.98. The van der Waals surface area contributed by atoms with Crippen LogP contribution in [0.5, 0.6) is 0 Å². The number of rotatable bonds is 5. The minimum atomic E-state index is -0.0629. The maximum Gasteiger partial charge on any atom is 0.253 e. The summed E-state index contributed by atoms with van der Waals surface area (Å²) >= 11 is 1.48. The van der Waals surface area contributed by atoms with E-state index in [9.17, 15) is 4.79 Å². The van der Waals surface area contributed by atoms with Gasteiger partial charge in [-0.25, -0.2) is 9.50 Å². The van der Waals surface area contributed by atoms with Gasteiger partial charge in [-0.1, -0.05) is 18.7 Å². The zero-order valence-electron chi connectivity index (χ0n) is 18.0. The number of carbonyl (C=O) groups excluding carboxylic acids is 1. The van der Waals surface area contributed by atoms with Crippen LogP contribution in [-0.4, -0.2) is 44.8 Å². The average molecular weight is 425 g/mol. The fraction of sp³-hybridized carbons (Fsp3) is 0.455. The van der Waals surface area contributed by atoms with Crippen LogP contribution in [0.2, 0.25) is 0 Å². The summed E-state index contributed by atoms with van der Waals surface area (Å²) < 4.78 is 1.72. The average Bonchev–Trinajstić information content (AvgIpc) is 3.15. The number of nitrogens with one attached hydrogen (secondary N) is 1. The first kappa shape index (κ1) is 20.7. The summed E-state index contributed by atoms with van der Waals surface area (Å²) in [6.07, 6.45) is 4.66. The Morgan fingerprint density at radius 3 is 2.53 bits per heavy atom. The Hall–Kier alpha value is -2.61. The number of hydrogen-bond donors (Lipinski definition) is 1. The lowest BCUT2D eigenvalue weighted by atomic mass is 9.99. The van der Waals surface area contributed by atoms with Crippen LogP contribution in [0, 0.1) is 19.8 Å². The van der Waals surface area contributed by atoms with E-state index in [-0.39, 0.29) is 12.3 Å². The Labute approximate surface area is 181 Å². The molecule has 0 radical (unpaired) electrons. The predicted molar refractivity (Wildman–Crippen MR) is 121 cm³/mol. The van der Waals surface area contributed by atoms with Crippen molar-refractivity contribution in [2.75, 3.05) is 29.6 Å². The summed E-state index contributed by atoms with van der Waals surface area (Å²) in [5.41, 5.74) is 4.62. The second kappa shape index (κ2) is 8.63. The highest BCUT2D eigenvalue weighted by Crippen LogP contribution is 2.24. The van der Waals surface area contributed by atoms with E-state index in [0.717, 1.165) is 41.6 Å². The van der Waals surface area contributed by atoms with Crippen LogP contribution in [0.15, 0.2) is 29.4 Å². The maximum atomic E-state index is 12.7. The van der Waals surface area contributed by atoms with Crippen molar-refractivity contribution in [2.45, 2.75) is 45.2 Å². The number of piperidine rings is 1. The van der Waals surface area contributed by atoms with Gasteiger partial charge in [0.15, 0.2) is 0 Å². The molecule has 30 heavy (non-hydrogen) atoms. The SMILES string of the molecule is CSc1nc2nc(C)c(CC(=O)Nc3ccc(N4CCC(C)CC4)cc3)c(C)n2n1. The van der Waals surface area contributed by atoms with E-state index in [1.807, 2.05) is 32.2 Å². The fourth-order valence-electron chi connectivity index (χ4n) is 3.92. The van der Waals surface area contributed by atoms with Crippen LogP contribution in [0.1, 0.15) is 36.7 Å². The fourth-order valence-corrected chi connectivity index (χ4v) is 4.26. The third-order valence-electron chi connectivity index (χ3n) is 5.85. The molecule has 0 saturated carbocycles. The monoisotopic (exact) mass is 424 g/mol. The van der Waals surface area contributed by atoms with Crippen LogP contribution in [0.25, 0.3) is 5.78 Å². The molecular formula is C22H28N6OS. The topological polar surface area (TPSA) is 75.4 Å². The molecule has 158 valence electrons. The first-order chi connectivity index (χ1) is 14.4. The quantitative estimate of drug-likeness (QED) is 0.627. The molecule has 3 heterocycles. The lowest BCUT2D eigenvalue weighted by Gasteiger charge is -2.32. The van der Waals surface area contributed by atoms with Crippen LogP contribution < -0.4 is 10.2 Å². The molecule has 4 rings (SSSR count). The summed E-state index contributed by atoms with van der Waals surface area (Å²) in [4.78, 5) is 24.0. The van der Waals surface area contributed by atoms with Crippen LogP contribution >= 0.6 is 11.8 Å². The maximum absolute atomic E-state index is 12.7. The molecule has 0 atom stereocenters. The van der Waals surface area contributed by atoms with Gasteiger partial charge in [-0.3, -0.25) is 4.79 Å². The van der Waals surface area contributed by atoms with Gasteiger partial charge in [0.2, 0.25) is 11.1 Å². The largest absolute Gasteiger partial charge is 0.372 e. The lowest BCUT2D eigenvalue weighted by Crippen LogP contribution is -2.32. The Bertz CT molecular complexity index is 1050. The predicted octanol–water partition coefficient (Wildman–Crippen LogP) is 3.88. The molecule has 7 nitrogen and oxygen atoms in total. The van der Waals surface area contributed by atoms with E-state index in [1.54, 1.807) is 4.52 Å². The Kier molecular flexibility index (Phi) is 5.94. The summed E-state index contributed by atoms with van der Waals surface area (Å²) in [7, 11) is 0. The van der Waals surface area contributed by atoms with Crippen molar-refractivity contribution in [1.82, 2.24) is 19.6 Å². The third-order valence-corrected chi connectivity index (χ3v) is 6.39. The molecular weight excluding hydrogens is 396 g/mol. The second-order valence-electron chi connectivity index (χ2n) is 8.01. The van der Waals surface area contributed by atoms with Crippen molar-refractivity contribution in [1.29, 1.82) is 0 Å². The highest BCUT2D eigenvalue weighted by atomic mass is 32.2. The molecule has 0 aliphatic carbocycles. The number of aryl methyl sites for hydroxylation is 2. The van der Waals surface area contributed by atoms with E-state index in [4.69, 9.17) is 0 Å². The number of thioether (sulfide) groups is 1. The molecule has 1 saturated heterocycles. The molecule has 1 N–H and O–H groups in total. The molecule has 1 aliphatic heterocycles. The Morgan fingerprint density at radius 1 is 1.17 bits per heavy atom. The number of hydrogen-bond acceptors (Lipinski definition) is 6. The molecule has 1 fully saturated rings. The Balaban J connectivity index is 1.44. The van der Waals surface area contributed by atoms with E-state index < -0.39 is 0 Å². The van der Waals surface area contributed by atoms with Crippen LogP contribution in [0.4, 0.5) is 11.4 Å². The second-order valence-corrected chi connectivity index (χ2v) is 8.79. The summed E-state index contributed by atoms with van der Waals surface area (Å²) in [6, 6.07) is 8.15. The van der Waals surface area contributed by atoms with Gasteiger partial charge in [-0.05, 0) is 63.1 Å². The summed E-state index contributed by atoms with van der Waals surface area (Å²) in [5, 5.41) is 8.14. The van der Waals surface area contributed by atoms with Crippen molar-refractivity contribution >= 4 is 34.8 Å². The summed E-state index contributed by atoms with van der Waals surface area (Å²) in [6.45, 7) is 8.38. The van der Waals surface area contributed by atoms with E-state index in [2.05, 4.69) is 44.3 Å². The van der Waals surface area contributed by atoms with Gasteiger partial charge in [0.05, 0.1) is 6.42 Å². The first-order valence-electron chi connectivity index (χ1n) is 10.4. The molecule has 2 aromatic heterocycles. The first-order valence-corrected chi connectivity index (χ1v) is 11.6. The van der Waals surface area contributed by atoms with Gasteiger partial charge in [0.1, 0.15) is 0 Å². The zero-order valence-corrected chi connectivity index (χ0v) is 18.8. The standard InChI is InChI=1S/C22H28N6OS/c1-14-9-11-27(12-10-14)18-7-5-17(6-8-18)24-20(29)13-19-15(2)23-21-25-22(30-4)26-28(21)16(19)3/h5-8,14H,9-13H2,1-4H3,(H,24,29). The van der Waals surface area contributed by atoms with Gasteiger partial charge < -0.3 is 10.2 Å². The summed E-state index contributed by atoms with van der Waals surface area (Å²) in [5.74, 6) is 1.32. The zero-order chi connectivity index (χ0) is 21.3. The van der Waals surface area contributed by atoms with Crippen molar-refractivity contribution in [3.8, 4) is 0 Å². The van der Waals surface area contributed by atoms with Gasteiger partial charge >= 0.3 is 0 Å². The molecule has 0 bridgehead atoms. The molecule has 0 spiro atoms. The van der Waals surface area contributed by atoms with Crippen molar-refractivity contribution in [3.05, 3.63) is 41.2 Å². The molecule has 1 amide bonds. The number of fused-ring (bicyclic) bond motifs is 1. The van der Waals surface area contributed by atoms with Gasteiger partial charge in [-0.15, -0.1) is 5.10 Å². The van der Waals surface area contributed by atoms with Gasteiger partial charge in [0, 0.05) is 41.4 Å². The number of anilines is 2. The molecule has 8 heteroatoms. The minimum Gasteiger partial charge on any atom is -0.372 e.